The molecule has 1 saturated heterocycles. The third kappa shape index (κ3) is 16.9. The highest BCUT2D eigenvalue weighted by atomic mass is 19.4. The van der Waals surface area contributed by atoms with Gasteiger partial charge in [0.15, 0.2) is 12.4 Å². The fourth-order valence-corrected chi connectivity index (χ4v) is 6.50. The Hall–Kier alpha value is -4.28. The molecule has 2 amide bonds. The highest BCUT2D eigenvalue weighted by Crippen LogP contribution is 2.43. The molecule has 4 atom stereocenters. The molecule has 1 aliphatic carbocycles. The molecule has 13 nitrogen and oxygen atoms in total. The molecule has 0 unspecified atom stereocenters. The summed E-state index contributed by atoms with van der Waals surface area (Å²) in [6.45, 7) is 7.29. The number of ether oxygens (including phenoxy) is 5. The summed E-state index contributed by atoms with van der Waals surface area (Å²) in [5, 5.41) is 15.2. The second kappa shape index (κ2) is 22.8. The highest BCUT2D eigenvalue weighted by molar-refractivity contribution is 5.94. The monoisotopic (exact) mass is 824 g/mol. The zero-order valence-electron chi connectivity index (χ0n) is 34.1. The molecule has 0 radical (unpaired) electrons. The van der Waals surface area contributed by atoms with Crippen molar-refractivity contribution in [3.63, 3.8) is 0 Å². The summed E-state index contributed by atoms with van der Waals surface area (Å²) in [6, 6.07) is 5.15. The molecule has 3 N–H and O–H groups in total. The van der Waals surface area contributed by atoms with E-state index >= 15 is 0 Å². The molecular weight excluding hydrogens is 765 g/mol. The Morgan fingerprint density at radius 3 is 2.21 bits per heavy atom. The normalized spacial score (nSPS) is 19.5. The second-order valence-electron chi connectivity index (χ2n) is 15.6. The minimum absolute atomic E-state index is 0.00346. The lowest BCUT2D eigenvalue weighted by molar-refractivity contribution is -0.190. The van der Waals surface area contributed by atoms with Crippen molar-refractivity contribution in [2.75, 3.05) is 19.8 Å². The number of amides is 2. The number of alkyl halides is 3. The molecule has 1 fully saturated rings. The SMILES string of the molecule is CCCCCC1(CCCCC)O[C@@H]2[C@@H](C=C(C(=O)NCCC(=O)N[C@H](CO)CCC(=O)OC(C)(C)C)C[C@H]2OC(=O)c2ccc(C=CC(=O)OCC(F)(F)F)cc2)O1. The first-order valence-electron chi connectivity index (χ1n) is 20.0. The third-order valence-electron chi connectivity index (χ3n) is 9.33. The molecule has 58 heavy (non-hydrogen) atoms. The molecule has 1 heterocycles. The van der Waals surface area contributed by atoms with Crippen LogP contribution in [0, 0.1) is 0 Å². The summed E-state index contributed by atoms with van der Waals surface area (Å²) >= 11 is 0. The summed E-state index contributed by atoms with van der Waals surface area (Å²) in [7, 11) is 0. The van der Waals surface area contributed by atoms with Crippen LogP contribution in [0.1, 0.15) is 128 Å². The van der Waals surface area contributed by atoms with Crippen LogP contribution in [-0.4, -0.2) is 96.5 Å². The molecule has 0 aromatic heterocycles. The van der Waals surface area contributed by atoms with E-state index in [9.17, 15) is 42.3 Å². The van der Waals surface area contributed by atoms with Crippen molar-refractivity contribution in [1.29, 1.82) is 0 Å². The molecule has 3 rings (SSSR count). The largest absolute Gasteiger partial charge is 0.460 e. The van der Waals surface area contributed by atoms with E-state index in [4.69, 9.17) is 18.9 Å². The van der Waals surface area contributed by atoms with Gasteiger partial charge >= 0.3 is 24.1 Å². The second-order valence-corrected chi connectivity index (χ2v) is 15.6. The maximum absolute atomic E-state index is 13.5. The Bertz CT molecular complexity index is 1580. The topological polar surface area (TPSA) is 176 Å². The smallest absolute Gasteiger partial charge is 0.422 e. The number of unbranched alkanes of at least 4 members (excludes halogenated alkanes) is 4. The van der Waals surface area contributed by atoms with E-state index in [1.807, 2.05) is 0 Å². The van der Waals surface area contributed by atoms with Gasteiger partial charge in [-0.25, -0.2) is 9.59 Å². The number of aliphatic hydroxyl groups is 1. The van der Waals surface area contributed by atoms with E-state index in [1.165, 1.54) is 30.3 Å². The Kier molecular flexibility index (Phi) is 18.9. The van der Waals surface area contributed by atoms with E-state index in [-0.39, 0.29) is 50.0 Å². The van der Waals surface area contributed by atoms with Crippen LogP contribution in [0.25, 0.3) is 6.08 Å². The van der Waals surface area contributed by atoms with Crippen LogP contribution in [0.15, 0.2) is 42.0 Å². The maximum atomic E-state index is 13.5. The molecule has 1 aromatic carbocycles. The van der Waals surface area contributed by atoms with Crippen molar-refractivity contribution in [3.05, 3.63) is 53.1 Å². The predicted molar refractivity (Wildman–Crippen MR) is 207 cm³/mol. The van der Waals surface area contributed by atoms with Crippen LogP contribution >= 0.6 is 0 Å². The minimum Gasteiger partial charge on any atom is -0.460 e. The number of halogens is 3. The zero-order chi connectivity index (χ0) is 42.9. The summed E-state index contributed by atoms with van der Waals surface area (Å²) < 4.78 is 65.7. The number of nitrogens with one attached hydrogen (secondary N) is 2. The van der Waals surface area contributed by atoms with Gasteiger partial charge in [0, 0.05) is 50.3 Å². The van der Waals surface area contributed by atoms with Crippen molar-refractivity contribution in [1.82, 2.24) is 10.6 Å². The zero-order valence-corrected chi connectivity index (χ0v) is 34.1. The molecule has 324 valence electrons. The molecule has 16 heteroatoms. The molecule has 0 bridgehead atoms. The third-order valence-corrected chi connectivity index (χ3v) is 9.33. The number of hydrogen-bond acceptors (Lipinski definition) is 11. The Morgan fingerprint density at radius 2 is 1.62 bits per heavy atom. The van der Waals surface area contributed by atoms with Gasteiger partial charge in [-0.15, -0.1) is 0 Å². The summed E-state index contributed by atoms with van der Waals surface area (Å²) in [5.74, 6) is -4.20. The number of carbonyl (C=O) groups is 5. The van der Waals surface area contributed by atoms with Crippen LogP contribution in [0.3, 0.4) is 0 Å². The molecule has 1 aliphatic heterocycles. The van der Waals surface area contributed by atoms with Crippen molar-refractivity contribution in [3.8, 4) is 0 Å². The molecule has 1 aromatic rings. The van der Waals surface area contributed by atoms with Gasteiger partial charge in [0.2, 0.25) is 11.8 Å². The van der Waals surface area contributed by atoms with E-state index in [2.05, 4.69) is 29.2 Å². The highest BCUT2D eigenvalue weighted by Gasteiger charge is 2.52. The first-order valence-corrected chi connectivity index (χ1v) is 20.0. The van der Waals surface area contributed by atoms with Gasteiger partial charge in [0.25, 0.3) is 0 Å². The number of benzene rings is 1. The van der Waals surface area contributed by atoms with Crippen LogP contribution in [-0.2, 0) is 42.9 Å². The van der Waals surface area contributed by atoms with Crippen molar-refractivity contribution in [2.45, 2.75) is 154 Å². The quantitative estimate of drug-likeness (QED) is 0.0510. The first kappa shape index (κ1) is 48.1. The molecular formula is C42H59F3N2O11. The van der Waals surface area contributed by atoms with Crippen LogP contribution in [0.2, 0.25) is 0 Å². The predicted octanol–water partition coefficient (Wildman–Crippen LogP) is 6.41. The van der Waals surface area contributed by atoms with Gasteiger partial charge in [0.05, 0.1) is 18.2 Å². The fourth-order valence-electron chi connectivity index (χ4n) is 6.50. The van der Waals surface area contributed by atoms with Gasteiger partial charge in [-0.2, -0.15) is 13.2 Å². The van der Waals surface area contributed by atoms with Crippen LogP contribution in [0.5, 0.6) is 0 Å². The minimum atomic E-state index is -4.65. The van der Waals surface area contributed by atoms with Crippen LogP contribution in [0.4, 0.5) is 13.2 Å². The molecule has 0 spiro atoms. The Balaban J connectivity index is 1.70. The summed E-state index contributed by atoms with van der Waals surface area (Å²) in [6.07, 6.45) is 3.70. The van der Waals surface area contributed by atoms with Gasteiger partial charge in [-0.05, 0) is 69.9 Å². The number of rotatable bonds is 22. The Morgan fingerprint density at radius 1 is 0.966 bits per heavy atom. The number of hydrogen-bond donors (Lipinski definition) is 3. The molecule has 0 saturated carbocycles. The fraction of sp³-hybridized carbons (Fsp3) is 0.643. The first-order chi connectivity index (χ1) is 27.4. The Labute approximate surface area is 338 Å². The van der Waals surface area contributed by atoms with Gasteiger partial charge in [-0.3, -0.25) is 14.4 Å². The van der Waals surface area contributed by atoms with E-state index in [0.717, 1.165) is 44.6 Å². The number of aliphatic hydroxyl groups excluding tert-OH is 1. The number of carbonyl (C=O) groups excluding carboxylic acids is 5. The van der Waals surface area contributed by atoms with Gasteiger partial charge in [-0.1, -0.05) is 51.7 Å². The lowest BCUT2D eigenvalue weighted by Gasteiger charge is -2.31. The number of fused-ring (bicyclic) bond motifs is 1. The lowest BCUT2D eigenvalue weighted by Crippen LogP contribution is -2.44. The number of esters is 3. The van der Waals surface area contributed by atoms with E-state index in [0.29, 0.717) is 18.4 Å². The molecule has 2 aliphatic rings. The average molecular weight is 825 g/mol. The average Bonchev–Trinajstić information content (AvgIpc) is 3.52. The van der Waals surface area contributed by atoms with Crippen LogP contribution < -0.4 is 10.6 Å². The maximum Gasteiger partial charge on any atom is 0.422 e. The van der Waals surface area contributed by atoms with E-state index in [1.54, 1.807) is 26.8 Å². The summed E-state index contributed by atoms with van der Waals surface area (Å²) in [5.41, 5.74) is 0.180. The van der Waals surface area contributed by atoms with Gasteiger partial charge in [0.1, 0.15) is 23.9 Å². The van der Waals surface area contributed by atoms with Crippen molar-refractivity contribution < 1.29 is 65.9 Å². The van der Waals surface area contributed by atoms with Crippen molar-refractivity contribution >= 4 is 35.8 Å². The van der Waals surface area contributed by atoms with Gasteiger partial charge < -0.3 is 39.4 Å². The lowest BCUT2D eigenvalue weighted by atomic mass is 9.91. The van der Waals surface area contributed by atoms with Crippen molar-refractivity contribution in [2.24, 2.45) is 0 Å². The standard InChI is InChI=1S/C42H59F3N2O11/c1-6-8-10-21-41(22-11-9-7-2)56-33-25-30(38(52)46-23-20-34(49)47-31(26-48)17-19-36(51)57-40(3,4)5)24-32(37(33)58-41)55-39(53)29-15-12-28(13-16-29)14-18-35(50)54-27-42(43,44)45/h12-16,18,25,31-33,37,48H,6-11,17,19-24,26-27H2,1-5H3,(H,46,52)(H,47,49)/t31-,32+,33+,37-/m0/s1. The summed E-state index contributed by atoms with van der Waals surface area (Å²) in [4.78, 5) is 63.4. The van der Waals surface area contributed by atoms with E-state index < -0.39 is 78.2 Å².